The molecule has 0 aliphatic heterocycles. The zero-order valence-corrected chi connectivity index (χ0v) is 9.37. The molecule has 1 aromatic carbocycles. The Morgan fingerprint density at radius 2 is 1.93 bits per heavy atom. The van der Waals surface area contributed by atoms with Gasteiger partial charge in [-0.05, 0) is 12.5 Å². The summed E-state index contributed by atoms with van der Waals surface area (Å²) in [6, 6.07) is 8.92. The number of hydrogen-bond donors (Lipinski definition) is 2. The van der Waals surface area contributed by atoms with Gasteiger partial charge in [0.2, 0.25) is 10.0 Å². The van der Waals surface area contributed by atoms with E-state index >= 15 is 0 Å². The van der Waals surface area contributed by atoms with Crippen molar-refractivity contribution in [2.45, 2.75) is 18.8 Å². The van der Waals surface area contributed by atoms with Crippen molar-refractivity contribution >= 4 is 10.0 Å². The predicted molar refractivity (Wildman–Crippen MR) is 58.7 cm³/mol. The van der Waals surface area contributed by atoms with Gasteiger partial charge in [0.15, 0.2) is 0 Å². The van der Waals surface area contributed by atoms with Crippen LogP contribution in [0.2, 0.25) is 0 Å². The predicted octanol–water partition coefficient (Wildman–Crippen LogP) is 0.487. The van der Waals surface area contributed by atoms with Crippen LogP contribution in [0.4, 0.5) is 0 Å². The monoisotopic (exact) mass is 229 g/mol. The summed E-state index contributed by atoms with van der Waals surface area (Å²) in [5.74, 6) is -0.0550. The summed E-state index contributed by atoms with van der Waals surface area (Å²) in [7, 11) is -3.34. The second kappa shape index (κ2) is 5.25. The van der Waals surface area contributed by atoms with Crippen molar-refractivity contribution in [2.24, 2.45) is 0 Å². The molecule has 1 atom stereocenters. The van der Waals surface area contributed by atoms with Gasteiger partial charge in [-0.25, -0.2) is 13.1 Å². The fraction of sp³-hybridized carbons (Fsp3) is 0.400. The highest BCUT2D eigenvalue weighted by Gasteiger charge is 2.11. The van der Waals surface area contributed by atoms with E-state index in [9.17, 15) is 8.42 Å². The molecule has 0 amide bonds. The number of benzene rings is 1. The lowest BCUT2D eigenvalue weighted by Crippen LogP contribution is -2.31. The molecule has 0 spiro atoms. The van der Waals surface area contributed by atoms with Crippen LogP contribution >= 0.6 is 0 Å². The van der Waals surface area contributed by atoms with E-state index in [-0.39, 0.29) is 12.3 Å². The Morgan fingerprint density at radius 1 is 1.33 bits per heavy atom. The first-order valence-electron chi connectivity index (χ1n) is 4.69. The largest absolute Gasteiger partial charge is 0.392 e. The fourth-order valence-electron chi connectivity index (χ4n) is 1.09. The van der Waals surface area contributed by atoms with Crippen LogP contribution in [-0.2, 0) is 15.8 Å². The number of nitrogens with one attached hydrogen (secondary N) is 1. The quantitative estimate of drug-likeness (QED) is 0.772. The molecule has 1 unspecified atom stereocenters. The lowest BCUT2D eigenvalue weighted by molar-refractivity contribution is 0.198. The lowest BCUT2D eigenvalue weighted by atomic mass is 10.2. The minimum atomic E-state index is -3.34. The Bertz CT molecular complexity index is 386. The van der Waals surface area contributed by atoms with Gasteiger partial charge in [0.25, 0.3) is 0 Å². The van der Waals surface area contributed by atoms with E-state index in [4.69, 9.17) is 5.11 Å². The summed E-state index contributed by atoms with van der Waals surface area (Å²) >= 11 is 0. The summed E-state index contributed by atoms with van der Waals surface area (Å²) in [6.07, 6.45) is -0.671. The summed E-state index contributed by atoms with van der Waals surface area (Å²) in [4.78, 5) is 0. The number of rotatable bonds is 5. The second-order valence-corrected chi connectivity index (χ2v) is 5.25. The maximum absolute atomic E-state index is 11.5. The number of sulfonamides is 1. The zero-order chi connectivity index (χ0) is 11.3. The highest BCUT2D eigenvalue weighted by Crippen LogP contribution is 2.03. The molecule has 5 heteroatoms. The van der Waals surface area contributed by atoms with Crippen molar-refractivity contribution in [1.29, 1.82) is 0 Å². The van der Waals surface area contributed by atoms with Crippen LogP contribution in [0.5, 0.6) is 0 Å². The third-order valence-corrected chi connectivity index (χ3v) is 3.12. The van der Waals surface area contributed by atoms with E-state index in [1.54, 1.807) is 24.3 Å². The molecule has 0 aromatic heterocycles. The molecule has 15 heavy (non-hydrogen) atoms. The number of hydrogen-bond acceptors (Lipinski definition) is 3. The standard InChI is InChI=1S/C10H15NO3S/c1-9(12)7-11-15(13,14)8-10-5-3-2-4-6-10/h2-6,9,11-12H,7-8H2,1H3. The molecule has 2 N–H and O–H groups in total. The third kappa shape index (κ3) is 4.92. The van der Waals surface area contributed by atoms with E-state index in [2.05, 4.69) is 4.72 Å². The molecule has 84 valence electrons. The van der Waals surface area contributed by atoms with Gasteiger partial charge in [0.1, 0.15) is 0 Å². The van der Waals surface area contributed by atoms with E-state index < -0.39 is 16.1 Å². The molecule has 0 heterocycles. The van der Waals surface area contributed by atoms with E-state index in [0.29, 0.717) is 0 Å². The first-order chi connectivity index (χ1) is 6.99. The minimum absolute atomic E-state index is 0.0508. The van der Waals surface area contributed by atoms with Gasteiger partial charge in [-0.1, -0.05) is 30.3 Å². The molecule has 1 aromatic rings. The Labute approximate surface area is 90.0 Å². The van der Waals surface area contributed by atoms with Crippen molar-refractivity contribution in [2.75, 3.05) is 6.54 Å². The molecular formula is C10H15NO3S. The van der Waals surface area contributed by atoms with Crippen molar-refractivity contribution in [3.8, 4) is 0 Å². The highest BCUT2D eigenvalue weighted by atomic mass is 32.2. The van der Waals surface area contributed by atoms with Crippen LogP contribution in [0, 0.1) is 0 Å². The van der Waals surface area contributed by atoms with E-state index in [1.165, 1.54) is 6.92 Å². The van der Waals surface area contributed by atoms with Gasteiger partial charge in [0.05, 0.1) is 11.9 Å². The molecule has 0 saturated heterocycles. The summed E-state index contributed by atoms with van der Waals surface area (Å²) in [5.41, 5.74) is 0.732. The van der Waals surface area contributed by atoms with Gasteiger partial charge in [-0.2, -0.15) is 0 Å². The number of aliphatic hydroxyl groups excluding tert-OH is 1. The SMILES string of the molecule is CC(O)CNS(=O)(=O)Cc1ccccc1. The molecule has 4 nitrogen and oxygen atoms in total. The Hall–Kier alpha value is -0.910. The molecule has 1 rings (SSSR count). The van der Waals surface area contributed by atoms with Gasteiger partial charge in [-0.3, -0.25) is 0 Å². The van der Waals surface area contributed by atoms with E-state index in [0.717, 1.165) is 5.56 Å². The first kappa shape index (κ1) is 12.2. The molecule has 0 radical (unpaired) electrons. The lowest BCUT2D eigenvalue weighted by Gasteiger charge is -2.08. The molecule has 0 saturated carbocycles. The fourth-order valence-corrected chi connectivity index (χ4v) is 2.32. The number of aliphatic hydroxyl groups is 1. The molecule has 0 fully saturated rings. The zero-order valence-electron chi connectivity index (χ0n) is 8.55. The maximum Gasteiger partial charge on any atom is 0.215 e. The highest BCUT2D eigenvalue weighted by molar-refractivity contribution is 7.88. The Morgan fingerprint density at radius 3 is 2.47 bits per heavy atom. The first-order valence-corrected chi connectivity index (χ1v) is 6.34. The van der Waals surface area contributed by atoms with Gasteiger partial charge < -0.3 is 5.11 Å². The minimum Gasteiger partial charge on any atom is -0.392 e. The van der Waals surface area contributed by atoms with Crippen LogP contribution < -0.4 is 4.72 Å². The molecule has 0 bridgehead atoms. The summed E-state index contributed by atoms with van der Waals surface area (Å²) in [6.45, 7) is 1.58. The van der Waals surface area contributed by atoms with Crippen molar-refractivity contribution in [3.05, 3.63) is 35.9 Å². The van der Waals surface area contributed by atoms with Crippen molar-refractivity contribution in [3.63, 3.8) is 0 Å². The Balaban J connectivity index is 2.57. The molecule has 0 aliphatic carbocycles. The Kier molecular flexibility index (Phi) is 4.26. The smallest absolute Gasteiger partial charge is 0.215 e. The van der Waals surface area contributed by atoms with Crippen molar-refractivity contribution < 1.29 is 13.5 Å². The summed E-state index contributed by atoms with van der Waals surface area (Å²) < 4.78 is 25.3. The van der Waals surface area contributed by atoms with Crippen LogP contribution in [0.25, 0.3) is 0 Å². The van der Waals surface area contributed by atoms with Gasteiger partial charge in [-0.15, -0.1) is 0 Å². The average molecular weight is 229 g/mol. The molecule has 0 aliphatic rings. The van der Waals surface area contributed by atoms with Crippen LogP contribution in [-0.4, -0.2) is 26.2 Å². The topological polar surface area (TPSA) is 66.4 Å². The van der Waals surface area contributed by atoms with Crippen LogP contribution in [0.15, 0.2) is 30.3 Å². The average Bonchev–Trinajstić information content (AvgIpc) is 2.16. The second-order valence-electron chi connectivity index (χ2n) is 3.44. The van der Waals surface area contributed by atoms with E-state index in [1.807, 2.05) is 6.07 Å². The molecular weight excluding hydrogens is 214 g/mol. The van der Waals surface area contributed by atoms with Gasteiger partial charge in [0, 0.05) is 6.54 Å². The van der Waals surface area contributed by atoms with Crippen molar-refractivity contribution in [1.82, 2.24) is 4.72 Å². The van der Waals surface area contributed by atoms with Gasteiger partial charge >= 0.3 is 0 Å². The van der Waals surface area contributed by atoms with Crippen LogP contribution in [0.3, 0.4) is 0 Å². The maximum atomic E-state index is 11.5. The van der Waals surface area contributed by atoms with Crippen LogP contribution in [0.1, 0.15) is 12.5 Å². The summed E-state index contributed by atoms with van der Waals surface area (Å²) in [5, 5.41) is 8.95. The third-order valence-electron chi connectivity index (χ3n) is 1.80. The normalized spacial score (nSPS) is 13.7.